The second-order valence-electron chi connectivity index (χ2n) is 6.40. The maximum Gasteiger partial charge on any atom is 0.240 e. The van der Waals surface area contributed by atoms with Gasteiger partial charge in [-0.2, -0.15) is 5.26 Å². The predicted octanol–water partition coefficient (Wildman–Crippen LogP) is 2.64. The molecule has 1 aliphatic heterocycles. The van der Waals surface area contributed by atoms with E-state index in [-0.39, 0.29) is 16.8 Å². The number of rotatable bonds is 5. The Bertz CT molecular complexity index is 902. The summed E-state index contributed by atoms with van der Waals surface area (Å²) in [6.07, 6.45) is 1.34. The number of hydrogen-bond acceptors (Lipinski definition) is 4. The summed E-state index contributed by atoms with van der Waals surface area (Å²) in [5.41, 5.74) is 0.854. The highest BCUT2D eigenvalue weighted by atomic mass is 32.2. The number of nitrogens with one attached hydrogen (secondary N) is 1. The van der Waals surface area contributed by atoms with Crippen molar-refractivity contribution in [2.75, 3.05) is 13.1 Å². The molecule has 2 aromatic carbocycles. The van der Waals surface area contributed by atoms with Crippen LogP contribution in [0.3, 0.4) is 0 Å². The normalized spacial score (nSPS) is 16.3. The Hall–Kier alpha value is -2.27. The highest BCUT2D eigenvalue weighted by molar-refractivity contribution is 7.89. The van der Waals surface area contributed by atoms with E-state index in [1.165, 1.54) is 6.07 Å². The van der Waals surface area contributed by atoms with Gasteiger partial charge in [-0.05, 0) is 37.1 Å². The second-order valence-corrected chi connectivity index (χ2v) is 8.12. The van der Waals surface area contributed by atoms with Crippen molar-refractivity contribution in [3.05, 3.63) is 65.5 Å². The number of piperidine rings is 1. The van der Waals surface area contributed by atoms with E-state index in [0.29, 0.717) is 43.6 Å². The third-order valence-corrected chi connectivity index (χ3v) is 6.08. The Morgan fingerprint density at radius 3 is 2.46 bits per heavy atom. The zero-order valence-electron chi connectivity index (χ0n) is 14.2. The lowest BCUT2D eigenvalue weighted by Crippen LogP contribution is -2.44. The molecular formula is C19H20FN3O2S. The molecule has 0 aromatic heterocycles. The fourth-order valence-electron chi connectivity index (χ4n) is 3.08. The number of sulfonamides is 1. The van der Waals surface area contributed by atoms with Crippen molar-refractivity contribution < 1.29 is 12.8 Å². The van der Waals surface area contributed by atoms with Crippen LogP contribution in [0.4, 0.5) is 4.39 Å². The maximum atomic E-state index is 14.0. The standard InChI is InChI=1S/C19H20FN3O2S/c20-19-12-15(13-21)6-7-16(19)14-23-10-8-17(9-11-23)22-26(24,25)18-4-2-1-3-5-18/h1-7,12,17,22H,8-11,14H2. The molecular weight excluding hydrogens is 353 g/mol. The molecule has 1 aliphatic rings. The van der Waals surface area contributed by atoms with Crippen molar-refractivity contribution >= 4 is 10.0 Å². The number of halogens is 1. The highest BCUT2D eigenvalue weighted by Crippen LogP contribution is 2.18. The van der Waals surface area contributed by atoms with Gasteiger partial charge in [-0.1, -0.05) is 24.3 Å². The van der Waals surface area contributed by atoms with Crippen molar-refractivity contribution in [2.24, 2.45) is 0 Å². The molecule has 0 amide bonds. The summed E-state index contributed by atoms with van der Waals surface area (Å²) in [5.74, 6) is -0.379. The Morgan fingerprint density at radius 1 is 1.15 bits per heavy atom. The van der Waals surface area contributed by atoms with Crippen LogP contribution in [0.15, 0.2) is 53.4 Å². The summed E-state index contributed by atoms with van der Waals surface area (Å²) in [6, 6.07) is 14.6. The van der Waals surface area contributed by atoms with E-state index in [2.05, 4.69) is 9.62 Å². The van der Waals surface area contributed by atoms with Gasteiger partial charge in [-0.15, -0.1) is 0 Å². The van der Waals surface area contributed by atoms with E-state index >= 15 is 0 Å². The first-order chi connectivity index (χ1) is 12.5. The Kier molecular flexibility index (Phi) is 5.67. The summed E-state index contributed by atoms with van der Waals surface area (Å²) in [4.78, 5) is 2.36. The van der Waals surface area contributed by atoms with Gasteiger partial charge in [-0.3, -0.25) is 4.90 Å². The van der Waals surface area contributed by atoms with Gasteiger partial charge >= 0.3 is 0 Å². The van der Waals surface area contributed by atoms with Crippen LogP contribution in [0.1, 0.15) is 24.0 Å². The number of nitriles is 1. The predicted molar refractivity (Wildman–Crippen MR) is 96.2 cm³/mol. The minimum atomic E-state index is -3.51. The van der Waals surface area contributed by atoms with Gasteiger partial charge in [0.2, 0.25) is 10.0 Å². The molecule has 5 nitrogen and oxygen atoms in total. The zero-order valence-corrected chi connectivity index (χ0v) is 15.0. The van der Waals surface area contributed by atoms with Crippen LogP contribution in [-0.4, -0.2) is 32.4 Å². The summed E-state index contributed by atoms with van der Waals surface area (Å²) >= 11 is 0. The van der Waals surface area contributed by atoms with E-state index in [9.17, 15) is 12.8 Å². The van der Waals surface area contributed by atoms with Gasteiger partial charge in [0.1, 0.15) is 5.82 Å². The number of likely N-dealkylation sites (tertiary alicyclic amines) is 1. The second kappa shape index (κ2) is 7.96. The highest BCUT2D eigenvalue weighted by Gasteiger charge is 2.24. The molecule has 0 spiro atoms. The first-order valence-electron chi connectivity index (χ1n) is 8.46. The maximum absolute atomic E-state index is 14.0. The van der Waals surface area contributed by atoms with Gasteiger partial charge < -0.3 is 0 Å². The molecule has 7 heteroatoms. The minimum Gasteiger partial charge on any atom is -0.299 e. The largest absolute Gasteiger partial charge is 0.299 e. The fourth-order valence-corrected chi connectivity index (χ4v) is 4.41. The molecule has 0 atom stereocenters. The van der Waals surface area contributed by atoms with Gasteiger partial charge in [-0.25, -0.2) is 17.5 Å². The molecule has 0 bridgehead atoms. The Morgan fingerprint density at radius 2 is 1.85 bits per heavy atom. The van der Waals surface area contributed by atoms with Gasteiger partial charge in [0.15, 0.2) is 0 Å². The molecule has 0 aliphatic carbocycles. The summed E-state index contributed by atoms with van der Waals surface area (Å²) in [7, 11) is -3.51. The van der Waals surface area contributed by atoms with Crippen molar-refractivity contribution in [2.45, 2.75) is 30.3 Å². The van der Waals surface area contributed by atoms with Gasteiger partial charge in [0.05, 0.1) is 16.5 Å². The topological polar surface area (TPSA) is 73.2 Å². The molecule has 3 rings (SSSR count). The van der Waals surface area contributed by atoms with Crippen LogP contribution < -0.4 is 4.72 Å². The van der Waals surface area contributed by atoms with Gasteiger partial charge in [0.25, 0.3) is 0 Å². The number of benzene rings is 2. The molecule has 0 unspecified atom stereocenters. The minimum absolute atomic E-state index is 0.123. The number of nitrogens with zero attached hydrogens (tertiary/aromatic N) is 2. The molecule has 2 aromatic rings. The van der Waals surface area contributed by atoms with Crippen LogP contribution in [0.25, 0.3) is 0 Å². The molecule has 1 fully saturated rings. The van der Waals surface area contributed by atoms with Gasteiger partial charge in [0, 0.05) is 31.2 Å². The lowest BCUT2D eigenvalue weighted by atomic mass is 10.0. The Labute approximate surface area is 153 Å². The molecule has 1 saturated heterocycles. The fraction of sp³-hybridized carbons (Fsp3) is 0.316. The lowest BCUT2D eigenvalue weighted by molar-refractivity contribution is 0.198. The SMILES string of the molecule is N#Cc1ccc(CN2CCC(NS(=O)(=O)c3ccccc3)CC2)c(F)c1. The zero-order chi connectivity index (χ0) is 18.6. The monoisotopic (exact) mass is 373 g/mol. The van der Waals surface area contributed by atoms with Crippen molar-refractivity contribution in [3.8, 4) is 6.07 Å². The third kappa shape index (κ3) is 4.47. The average Bonchev–Trinajstić information content (AvgIpc) is 2.65. The van der Waals surface area contributed by atoms with Crippen molar-refractivity contribution in [1.82, 2.24) is 9.62 Å². The van der Waals surface area contributed by atoms with E-state index in [4.69, 9.17) is 5.26 Å². The molecule has 1 N–H and O–H groups in total. The van der Waals surface area contributed by atoms with Crippen LogP contribution in [0, 0.1) is 17.1 Å². The summed E-state index contributed by atoms with van der Waals surface area (Å²) in [5, 5.41) is 8.80. The molecule has 0 saturated carbocycles. The van der Waals surface area contributed by atoms with Crippen molar-refractivity contribution in [1.29, 1.82) is 5.26 Å². The van der Waals surface area contributed by atoms with Crippen molar-refractivity contribution in [3.63, 3.8) is 0 Å². The first-order valence-corrected chi connectivity index (χ1v) is 9.94. The average molecular weight is 373 g/mol. The van der Waals surface area contributed by atoms with Crippen LogP contribution in [0.5, 0.6) is 0 Å². The molecule has 0 radical (unpaired) electrons. The molecule has 26 heavy (non-hydrogen) atoms. The Balaban J connectivity index is 1.56. The smallest absolute Gasteiger partial charge is 0.240 e. The van der Waals surface area contributed by atoms with Crippen LogP contribution in [-0.2, 0) is 16.6 Å². The number of hydrogen-bond donors (Lipinski definition) is 1. The first kappa shape index (κ1) is 18.5. The van der Waals surface area contributed by atoms with E-state index in [1.54, 1.807) is 42.5 Å². The third-order valence-electron chi connectivity index (χ3n) is 4.54. The van der Waals surface area contributed by atoms with E-state index in [0.717, 1.165) is 0 Å². The molecule has 136 valence electrons. The van der Waals surface area contributed by atoms with Crippen LogP contribution in [0.2, 0.25) is 0 Å². The lowest BCUT2D eigenvalue weighted by Gasteiger charge is -2.32. The summed E-state index contributed by atoms with van der Waals surface area (Å²) < 4.78 is 41.5. The van der Waals surface area contributed by atoms with E-state index in [1.807, 2.05) is 6.07 Å². The molecule has 1 heterocycles. The van der Waals surface area contributed by atoms with Crippen LogP contribution >= 0.6 is 0 Å². The van der Waals surface area contributed by atoms with E-state index < -0.39 is 10.0 Å². The quantitative estimate of drug-likeness (QED) is 0.874. The summed E-state index contributed by atoms with van der Waals surface area (Å²) in [6.45, 7) is 1.82.